The number of aromatic nitrogens is 4. The van der Waals surface area contributed by atoms with E-state index in [0.717, 1.165) is 22.4 Å². The van der Waals surface area contributed by atoms with Gasteiger partial charge in [-0.3, -0.25) is 0 Å². The lowest BCUT2D eigenvalue weighted by Gasteiger charge is -2.09. The zero-order chi connectivity index (χ0) is 13.9. The van der Waals surface area contributed by atoms with Crippen molar-refractivity contribution in [1.82, 2.24) is 19.5 Å². The van der Waals surface area contributed by atoms with Crippen LogP contribution in [-0.2, 0) is 13.6 Å². The summed E-state index contributed by atoms with van der Waals surface area (Å²) in [4.78, 5) is 12.9. The van der Waals surface area contributed by atoms with Gasteiger partial charge in [-0.15, -0.1) is 0 Å². The average molecular weight is 269 g/mol. The molecule has 3 rings (SSSR count). The van der Waals surface area contributed by atoms with Gasteiger partial charge in [0.15, 0.2) is 5.82 Å². The summed E-state index contributed by atoms with van der Waals surface area (Å²) in [7, 11) is 3.58. The first-order valence-electron chi connectivity index (χ1n) is 6.27. The predicted octanol–water partition coefficient (Wildman–Crippen LogP) is 1.98. The standard InChI is InChI=1S/C14H15N5O/c1-19-9-18-12-11(19)5-7-15-13(12)17-8-10-4-3-6-16-14(10)20-2/h3-7,9H,8H2,1-2H3,(H,15,17). The van der Waals surface area contributed by atoms with E-state index in [1.54, 1.807) is 25.8 Å². The lowest BCUT2D eigenvalue weighted by molar-refractivity contribution is 0.393. The molecule has 102 valence electrons. The molecule has 0 amide bonds. The van der Waals surface area contributed by atoms with Gasteiger partial charge in [0, 0.05) is 31.5 Å². The highest BCUT2D eigenvalue weighted by Gasteiger charge is 2.08. The zero-order valence-corrected chi connectivity index (χ0v) is 11.4. The van der Waals surface area contributed by atoms with Crippen LogP contribution in [0.3, 0.4) is 0 Å². The lowest BCUT2D eigenvalue weighted by atomic mass is 10.2. The van der Waals surface area contributed by atoms with Crippen molar-refractivity contribution in [2.45, 2.75) is 6.54 Å². The highest BCUT2D eigenvalue weighted by atomic mass is 16.5. The van der Waals surface area contributed by atoms with Crippen molar-refractivity contribution in [3.8, 4) is 5.88 Å². The molecule has 0 spiro atoms. The van der Waals surface area contributed by atoms with Crippen molar-refractivity contribution in [1.29, 1.82) is 0 Å². The first-order chi connectivity index (χ1) is 9.79. The molecule has 0 saturated carbocycles. The van der Waals surface area contributed by atoms with E-state index in [1.165, 1.54) is 0 Å². The Hall–Kier alpha value is -2.63. The second kappa shape index (κ2) is 5.16. The van der Waals surface area contributed by atoms with Crippen LogP contribution in [0, 0.1) is 0 Å². The molecule has 0 aliphatic rings. The molecule has 3 aromatic heterocycles. The second-order valence-electron chi connectivity index (χ2n) is 4.41. The minimum atomic E-state index is 0.583. The van der Waals surface area contributed by atoms with Crippen LogP contribution in [0.2, 0.25) is 0 Å². The molecule has 0 saturated heterocycles. The molecule has 0 fully saturated rings. The summed E-state index contributed by atoms with van der Waals surface area (Å²) in [6.07, 6.45) is 5.26. The maximum Gasteiger partial charge on any atom is 0.218 e. The first-order valence-corrected chi connectivity index (χ1v) is 6.27. The number of nitrogens with one attached hydrogen (secondary N) is 1. The number of aryl methyl sites for hydroxylation is 1. The van der Waals surface area contributed by atoms with Gasteiger partial charge in [0.2, 0.25) is 5.88 Å². The SMILES string of the molecule is COc1ncccc1CNc1nccc2c1ncn2C. The molecule has 20 heavy (non-hydrogen) atoms. The van der Waals surface area contributed by atoms with E-state index in [2.05, 4.69) is 20.3 Å². The van der Waals surface area contributed by atoms with Crippen LogP contribution in [0.1, 0.15) is 5.56 Å². The van der Waals surface area contributed by atoms with Gasteiger partial charge < -0.3 is 14.6 Å². The van der Waals surface area contributed by atoms with Crippen LogP contribution >= 0.6 is 0 Å². The molecule has 0 aliphatic heterocycles. The van der Waals surface area contributed by atoms with Crippen molar-refractivity contribution in [3.63, 3.8) is 0 Å². The normalized spacial score (nSPS) is 10.7. The summed E-state index contributed by atoms with van der Waals surface area (Å²) in [6, 6.07) is 5.80. The Labute approximate surface area is 116 Å². The molecule has 0 atom stereocenters. The zero-order valence-electron chi connectivity index (χ0n) is 11.4. The first kappa shape index (κ1) is 12.4. The molecular formula is C14H15N5O. The van der Waals surface area contributed by atoms with Gasteiger partial charge >= 0.3 is 0 Å². The molecule has 3 heterocycles. The minimum absolute atomic E-state index is 0.583. The van der Waals surface area contributed by atoms with Gasteiger partial charge in [-0.1, -0.05) is 6.07 Å². The Balaban J connectivity index is 1.87. The van der Waals surface area contributed by atoms with Crippen LogP contribution in [0.4, 0.5) is 5.82 Å². The maximum absolute atomic E-state index is 5.23. The fourth-order valence-corrected chi connectivity index (χ4v) is 2.11. The molecule has 0 bridgehead atoms. The van der Waals surface area contributed by atoms with Crippen LogP contribution < -0.4 is 10.1 Å². The van der Waals surface area contributed by atoms with E-state index in [4.69, 9.17) is 4.74 Å². The third kappa shape index (κ3) is 2.16. The van der Waals surface area contributed by atoms with Gasteiger partial charge in [-0.05, 0) is 12.1 Å². The highest BCUT2D eigenvalue weighted by molar-refractivity contribution is 5.85. The fourth-order valence-electron chi connectivity index (χ4n) is 2.11. The van der Waals surface area contributed by atoms with Crippen LogP contribution in [0.25, 0.3) is 11.0 Å². The Bertz CT molecular complexity index is 737. The number of anilines is 1. The van der Waals surface area contributed by atoms with E-state index in [0.29, 0.717) is 12.4 Å². The quantitative estimate of drug-likeness (QED) is 0.784. The van der Waals surface area contributed by atoms with Crippen LogP contribution in [0.15, 0.2) is 36.9 Å². The second-order valence-corrected chi connectivity index (χ2v) is 4.41. The summed E-state index contributed by atoms with van der Waals surface area (Å²) in [5.41, 5.74) is 2.88. The topological polar surface area (TPSA) is 64.9 Å². The van der Waals surface area contributed by atoms with Gasteiger partial charge in [0.05, 0.1) is 19.0 Å². The molecule has 0 radical (unpaired) electrons. The number of nitrogens with zero attached hydrogens (tertiary/aromatic N) is 4. The molecule has 1 N–H and O–H groups in total. The van der Waals surface area contributed by atoms with E-state index in [-0.39, 0.29) is 0 Å². The number of hydrogen-bond donors (Lipinski definition) is 1. The Morgan fingerprint density at radius 2 is 2.10 bits per heavy atom. The van der Waals surface area contributed by atoms with Crippen molar-refractivity contribution in [3.05, 3.63) is 42.5 Å². The number of methoxy groups -OCH3 is 1. The number of ether oxygens (including phenoxy) is 1. The third-order valence-electron chi connectivity index (χ3n) is 3.13. The minimum Gasteiger partial charge on any atom is -0.481 e. The van der Waals surface area contributed by atoms with E-state index < -0.39 is 0 Å². The molecular weight excluding hydrogens is 254 g/mol. The number of hydrogen-bond acceptors (Lipinski definition) is 5. The smallest absolute Gasteiger partial charge is 0.218 e. The molecule has 3 aromatic rings. The van der Waals surface area contributed by atoms with Crippen molar-refractivity contribution >= 4 is 16.9 Å². The fraction of sp³-hybridized carbons (Fsp3) is 0.214. The van der Waals surface area contributed by atoms with Gasteiger partial charge in [0.1, 0.15) is 5.52 Å². The van der Waals surface area contributed by atoms with E-state index in [1.807, 2.05) is 29.8 Å². The van der Waals surface area contributed by atoms with Crippen molar-refractivity contribution in [2.24, 2.45) is 7.05 Å². The van der Waals surface area contributed by atoms with E-state index in [9.17, 15) is 0 Å². The van der Waals surface area contributed by atoms with Gasteiger partial charge in [-0.2, -0.15) is 0 Å². The van der Waals surface area contributed by atoms with Crippen LogP contribution in [0.5, 0.6) is 5.88 Å². The number of rotatable bonds is 4. The number of imidazole rings is 1. The Morgan fingerprint density at radius 1 is 1.20 bits per heavy atom. The molecule has 0 unspecified atom stereocenters. The third-order valence-corrected chi connectivity index (χ3v) is 3.13. The molecule has 6 heteroatoms. The predicted molar refractivity (Wildman–Crippen MR) is 76.6 cm³/mol. The summed E-state index contributed by atoms with van der Waals surface area (Å²) in [5.74, 6) is 1.38. The van der Waals surface area contributed by atoms with Crippen LogP contribution in [-0.4, -0.2) is 26.6 Å². The highest BCUT2D eigenvalue weighted by Crippen LogP contribution is 2.20. The number of fused-ring (bicyclic) bond motifs is 1. The summed E-state index contributed by atoms with van der Waals surface area (Å²) >= 11 is 0. The van der Waals surface area contributed by atoms with Crippen molar-refractivity contribution < 1.29 is 4.74 Å². The molecule has 6 nitrogen and oxygen atoms in total. The number of pyridine rings is 2. The van der Waals surface area contributed by atoms with E-state index >= 15 is 0 Å². The Kier molecular flexibility index (Phi) is 3.20. The van der Waals surface area contributed by atoms with Crippen molar-refractivity contribution in [2.75, 3.05) is 12.4 Å². The summed E-state index contributed by atoms with van der Waals surface area (Å²) in [5, 5.41) is 3.29. The monoisotopic (exact) mass is 269 g/mol. The summed E-state index contributed by atoms with van der Waals surface area (Å²) < 4.78 is 7.20. The maximum atomic E-state index is 5.23. The van der Waals surface area contributed by atoms with Gasteiger partial charge in [-0.25, -0.2) is 15.0 Å². The summed E-state index contributed by atoms with van der Waals surface area (Å²) in [6.45, 7) is 0.583. The van der Waals surface area contributed by atoms with Gasteiger partial charge in [0.25, 0.3) is 0 Å². The largest absolute Gasteiger partial charge is 0.481 e. The molecule has 0 aromatic carbocycles. The molecule has 0 aliphatic carbocycles. The lowest BCUT2D eigenvalue weighted by Crippen LogP contribution is -2.04. The Morgan fingerprint density at radius 3 is 2.95 bits per heavy atom. The average Bonchev–Trinajstić information content (AvgIpc) is 2.88.